The summed E-state index contributed by atoms with van der Waals surface area (Å²) in [6.45, 7) is 7.17. The third kappa shape index (κ3) is 3.71. The van der Waals surface area contributed by atoms with Crippen LogP contribution in [0.25, 0.3) is 0 Å². The lowest BCUT2D eigenvalue weighted by Gasteiger charge is -2.33. The first kappa shape index (κ1) is 16.6. The van der Waals surface area contributed by atoms with Crippen LogP contribution in [0.5, 0.6) is 5.75 Å². The number of urea groups is 1. The van der Waals surface area contributed by atoms with Crippen molar-refractivity contribution < 1.29 is 14.6 Å². The summed E-state index contributed by atoms with van der Waals surface area (Å²) >= 11 is 0. The lowest BCUT2D eigenvalue weighted by atomic mass is 9.99. The van der Waals surface area contributed by atoms with Crippen LogP contribution in [0.4, 0.5) is 10.5 Å². The number of benzene rings is 1. The number of hydrogen-bond acceptors (Lipinski definition) is 3. The Balaban J connectivity index is 1.92. The number of nitrogens with one attached hydrogen (secondary N) is 1. The molecule has 0 bridgehead atoms. The molecule has 0 spiro atoms. The molecule has 0 saturated carbocycles. The van der Waals surface area contributed by atoms with E-state index in [0.29, 0.717) is 19.6 Å². The van der Waals surface area contributed by atoms with E-state index < -0.39 is 11.6 Å². The highest BCUT2D eigenvalue weighted by molar-refractivity contribution is 5.90. The van der Waals surface area contributed by atoms with Gasteiger partial charge < -0.3 is 20.1 Å². The van der Waals surface area contributed by atoms with Crippen molar-refractivity contribution >= 4 is 11.7 Å². The zero-order chi connectivity index (χ0) is 16.2. The van der Waals surface area contributed by atoms with Crippen LogP contribution < -0.4 is 10.1 Å². The molecule has 1 aliphatic heterocycles. The number of rotatable bonds is 5. The quantitative estimate of drug-likeness (QED) is 0.821. The lowest BCUT2D eigenvalue weighted by molar-refractivity contribution is 0.0733. The van der Waals surface area contributed by atoms with E-state index in [9.17, 15) is 9.90 Å². The second-order valence-electron chi connectivity index (χ2n) is 6.27. The van der Waals surface area contributed by atoms with Crippen molar-refractivity contribution in [1.82, 2.24) is 4.90 Å². The first-order chi connectivity index (χ1) is 10.4. The van der Waals surface area contributed by atoms with Gasteiger partial charge in [0, 0.05) is 12.2 Å². The van der Waals surface area contributed by atoms with Gasteiger partial charge in [0.1, 0.15) is 5.75 Å². The van der Waals surface area contributed by atoms with Gasteiger partial charge in [0.05, 0.1) is 18.2 Å². The van der Waals surface area contributed by atoms with Crippen LogP contribution in [0.15, 0.2) is 24.3 Å². The summed E-state index contributed by atoms with van der Waals surface area (Å²) in [7, 11) is 0. The first-order valence-corrected chi connectivity index (χ1v) is 7.94. The molecule has 122 valence electrons. The molecule has 1 heterocycles. The molecule has 1 fully saturated rings. The van der Waals surface area contributed by atoms with Gasteiger partial charge in [-0.1, -0.05) is 13.3 Å². The zero-order valence-corrected chi connectivity index (χ0v) is 13.6. The molecule has 2 N–H and O–H groups in total. The van der Waals surface area contributed by atoms with Crippen molar-refractivity contribution in [3.8, 4) is 5.75 Å². The van der Waals surface area contributed by atoms with E-state index in [0.717, 1.165) is 24.3 Å². The van der Waals surface area contributed by atoms with Crippen molar-refractivity contribution in [2.45, 2.75) is 51.7 Å². The maximum absolute atomic E-state index is 12.3. The fourth-order valence-electron chi connectivity index (χ4n) is 2.60. The van der Waals surface area contributed by atoms with Gasteiger partial charge >= 0.3 is 6.03 Å². The SMILES string of the molecule is CCCCOc1ccc(NC(=O)N2CCC(O)C2(C)C)cc1. The molecule has 1 unspecified atom stereocenters. The highest BCUT2D eigenvalue weighted by atomic mass is 16.5. The molecule has 0 aromatic heterocycles. The summed E-state index contributed by atoms with van der Waals surface area (Å²) in [6, 6.07) is 7.20. The summed E-state index contributed by atoms with van der Waals surface area (Å²) in [5, 5.41) is 12.8. The minimum Gasteiger partial charge on any atom is -0.494 e. The number of aliphatic hydroxyl groups is 1. The Labute approximate surface area is 132 Å². The number of aliphatic hydroxyl groups excluding tert-OH is 1. The Morgan fingerprint density at radius 1 is 1.41 bits per heavy atom. The molecule has 0 radical (unpaired) electrons. The van der Waals surface area contributed by atoms with E-state index in [1.807, 2.05) is 38.1 Å². The number of nitrogens with zero attached hydrogens (tertiary/aromatic N) is 1. The Kier molecular flexibility index (Phi) is 5.29. The van der Waals surface area contributed by atoms with Crippen LogP contribution in [0.1, 0.15) is 40.0 Å². The van der Waals surface area contributed by atoms with E-state index in [2.05, 4.69) is 12.2 Å². The Hall–Kier alpha value is -1.75. The molecular formula is C17H26N2O3. The molecule has 1 aliphatic rings. The van der Waals surface area contributed by atoms with E-state index in [1.54, 1.807) is 4.90 Å². The van der Waals surface area contributed by atoms with Gasteiger partial charge in [-0.25, -0.2) is 4.79 Å². The first-order valence-electron chi connectivity index (χ1n) is 7.94. The van der Waals surface area contributed by atoms with Crippen molar-refractivity contribution in [1.29, 1.82) is 0 Å². The van der Waals surface area contributed by atoms with Crippen molar-refractivity contribution in [2.75, 3.05) is 18.5 Å². The molecule has 0 aliphatic carbocycles. The second kappa shape index (κ2) is 7.01. The number of carbonyl (C=O) groups excluding carboxylic acids is 1. The Morgan fingerprint density at radius 2 is 2.09 bits per heavy atom. The molecule has 1 aromatic rings. The normalized spacial score (nSPS) is 20.0. The standard InChI is InChI=1S/C17H26N2O3/c1-4-5-12-22-14-8-6-13(7-9-14)18-16(21)19-11-10-15(20)17(19,2)3/h6-9,15,20H,4-5,10-12H2,1-3H3,(H,18,21). The lowest BCUT2D eigenvalue weighted by Crippen LogP contribution is -2.49. The van der Waals surface area contributed by atoms with Gasteiger partial charge in [0.25, 0.3) is 0 Å². The van der Waals surface area contributed by atoms with Gasteiger partial charge in [0.15, 0.2) is 0 Å². The van der Waals surface area contributed by atoms with Crippen LogP contribution in [0.2, 0.25) is 0 Å². The van der Waals surface area contributed by atoms with Crippen molar-refractivity contribution in [2.24, 2.45) is 0 Å². The third-order valence-corrected chi connectivity index (χ3v) is 4.25. The summed E-state index contributed by atoms with van der Waals surface area (Å²) < 4.78 is 5.60. The van der Waals surface area contributed by atoms with Gasteiger partial charge in [0.2, 0.25) is 0 Å². The Bertz CT molecular complexity index is 499. The zero-order valence-electron chi connectivity index (χ0n) is 13.6. The van der Waals surface area contributed by atoms with E-state index in [4.69, 9.17) is 4.74 Å². The monoisotopic (exact) mass is 306 g/mol. The number of amides is 2. The third-order valence-electron chi connectivity index (χ3n) is 4.25. The van der Waals surface area contributed by atoms with Crippen LogP contribution in [0, 0.1) is 0 Å². The molecule has 1 saturated heterocycles. The summed E-state index contributed by atoms with van der Waals surface area (Å²) in [5.41, 5.74) is 0.192. The smallest absolute Gasteiger partial charge is 0.322 e. The number of anilines is 1. The van der Waals surface area contributed by atoms with E-state index >= 15 is 0 Å². The van der Waals surface area contributed by atoms with Gasteiger partial charge in [-0.3, -0.25) is 0 Å². The molecule has 5 heteroatoms. The van der Waals surface area contributed by atoms with Crippen molar-refractivity contribution in [3.63, 3.8) is 0 Å². The summed E-state index contributed by atoms with van der Waals surface area (Å²) in [4.78, 5) is 14.0. The number of carbonyl (C=O) groups is 1. The molecular weight excluding hydrogens is 280 g/mol. The van der Waals surface area contributed by atoms with E-state index in [1.165, 1.54) is 0 Å². The average molecular weight is 306 g/mol. The summed E-state index contributed by atoms with van der Waals surface area (Å²) in [5.74, 6) is 0.809. The Morgan fingerprint density at radius 3 is 2.64 bits per heavy atom. The highest BCUT2D eigenvalue weighted by Crippen LogP contribution is 2.29. The number of likely N-dealkylation sites (tertiary alicyclic amines) is 1. The number of hydrogen-bond donors (Lipinski definition) is 2. The average Bonchev–Trinajstić information content (AvgIpc) is 2.75. The topological polar surface area (TPSA) is 61.8 Å². The van der Waals surface area contributed by atoms with E-state index in [-0.39, 0.29) is 6.03 Å². The number of unbranched alkanes of at least 4 members (excludes halogenated alkanes) is 1. The minimum atomic E-state index is -0.534. The fraction of sp³-hybridized carbons (Fsp3) is 0.588. The maximum atomic E-state index is 12.3. The molecule has 5 nitrogen and oxygen atoms in total. The highest BCUT2D eigenvalue weighted by Gasteiger charge is 2.42. The van der Waals surface area contributed by atoms with Crippen LogP contribution in [-0.4, -0.2) is 40.8 Å². The van der Waals surface area contributed by atoms with Gasteiger partial charge in [-0.05, 0) is 51.0 Å². The van der Waals surface area contributed by atoms with Gasteiger partial charge in [-0.2, -0.15) is 0 Å². The molecule has 2 amide bonds. The number of ether oxygens (including phenoxy) is 1. The summed E-state index contributed by atoms with van der Waals surface area (Å²) in [6.07, 6.45) is 2.27. The second-order valence-corrected chi connectivity index (χ2v) is 6.27. The fourth-order valence-corrected chi connectivity index (χ4v) is 2.60. The maximum Gasteiger partial charge on any atom is 0.322 e. The molecule has 1 atom stereocenters. The predicted octanol–water partition coefficient (Wildman–Crippen LogP) is 3.24. The minimum absolute atomic E-state index is 0.179. The van der Waals surface area contributed by atoms with Gasteiger partial charge in [-0.15, -0.1) is 0 Å². The largest absolute Gasteiger partial charge is 0.494 e. The van der Waals surface area contributed by atoms with Crippen LogP contribution in [-0.2, 0) is 0 Å². The molecule has 1 aromatic carbocycles. The van der Waals surface area contributed by atoms with Crippen molar-refractivity contribution in [3.05, 3.63) is 24.3 Å². The molecule has 22 heavy (non-hydrogen) atoms. The van der Waals surface area contributed by atoms with Crippen LogP contribution >= 0.6 is 0 Å². The van der Waals surface area contributed by atoms with Crippen LogP contribution in [0.3, 0.4) is 0 Å². The predicted molar refractivity (Wildman–Crippen MR) is 87.3 cm³/mol. The molecule has 2 rings (SSSR count).